The molecule has 0 fully saturated rings. The molecule has 3 rings (SSSR count). The standard InChI is InChI=1S/C15H10F3N3O3/c1-7-11(15(16,17)18)20-21-12(7)19-13(22)9-6-8-4-2-3-5-10(8)24-14(9)23/h2-6H,1H3,(H2,19,20,21,22). The molecule has 0 saturated carbocycles. The van der Waals surface area contributed by atoms with Crippen LogP contribution < -0.4 is 10.9 Å². The summed E-state index contributed by atoms with van der Waals surface area (Å²) in [6.45, 7) is 1.16. The number of amides is 1. The summed E-state index contributed by atoms with van der Waals surface area (Å²) in [5.41, 5.74) is -2.26. The maximum absolute atomic E-state index is 12.7. The highest BCUT2D eigenvalue weighted by molar-refractivity contribution is 6.05. The Morgan fingerprint density at radius 3 is 2.67 bits per heavy atom. The van der Waals surface area contributed by atoms with Gasteiger partial charge in [-0.15, -0.1) is 0 Å². The number of hydrogen-bond donors (Lipinski definition) is 2. The number of hydrogen-bond acceptors (Lipinski definition) is 4. The number of anilines is 1. The van der Waals surface area contributed by atoms with Gasteiger partial charge in [0.05, 0.1) is 0 Å². The average Bonchev–Trinajstić information content (AvgIpc) is 2.87. The smallest absolute Gasteiger partial charge is 0.422 e. The molecule has 0 aliphatic carbocycles. The van der Waals surface area contributed by atoms with Crippen LogP contribution in [0.3, 0.4) is 0 Å². The first-order valence-corrected chi connectivity index (χ1v) is 6.74. The predicted octanol–water partition coefficient (Wildman–Crippen LogP) is 3.10. The zero-order valence-corrected chi connectivity index (χ0v) is 12.2. The Balaban J connectivity index is 1.95. The molecule has 2 N–H and O–H groups in total. The summed E-state index contributed by atoms with van der Waals surface area (Å²) in [5, 5.41) is 7.95. The van der Waals surface area contributed by atoms with Gasteiger partial charge in [0.25, 0.3) is 5.91 Å². The molecule has 2 aromatic heterocycles. The lowest BCUT2D eigenvalue weighted by Gasteiger charge is -2.05. The summed E-state index contributed by atoms with van der Waals surface area (Å²) in [6.07, 6.45) is -4.62. The van der Waals surface area contributed by atoms with Crippen LogP contribution in [0.2, 0.25) is 0 Å². The average molecular weight is 337 g/mol. The molecule has 0 atom stereocenters. The molecule has 0 aliphatic heterocycles. The van der Waals surface area contributed by atoms with Crippen molar-refractivity contribution >= 4 is 22.7 Å². The van der Waals surface area contributed by atoms with Gasteiger partial charge in [-0.05, 0) is 19.1 Å². The molecule has 1 amide bonds. The highest BCUT2D eigenvalue weighted by atomic mass is 19.4. The summed E-state index contributed by atoms with van der Waals surface area (Å²) in [4.78, 5) is 24.1. The summed E-state index contributed by atoms with van der Waals surface area (Å²) in [5.74, 6) is -1.21. The van der Waals surface area contributed by atoms with E-state index in [-0.39, 0.29) is 16.9 Å². The van der Waals surface area contributed by atoms with E-state index >= 15 is 0 Å². The van der Waals surface area contributed by atoms with E-state index in [1.165, 1.54) is 6.07 Å². The Kier molecular flexibility index (Phi) is 3.63. The van der Waals surface area contributed by atoms with Gasteiger partial charge >= 0.3 is 11.8 Å². The van der Waals surface area contributed by atoms with E-state index in [1.807, 2.05) is 5.10 Å². The SMILES string of the molecule is Cc1c(NC(=O)c2cc3ccccc3oc2=O)n[nH]c1C(F)(F)F. The number of nitrogens with one attached hydrogen (secondary N) is 2. The van der Waals surface area contributed by atoms with Crippen molar-refractivity contribution in [1.29, 1.82) is 0 Å². The van der Waals surface area contributed by atoms with Gasteiger partial charge < -0.3 is 9.73 Å². The fourth-order valence-electron chi connectivity index (χ4n) is 2.19. The molecule has 0 unspecified atom stereocenters. The van der Waals surface area contributed by atoms with Crippen LogP contribution in [0.25, 0.3) is 11.0 Å². The number of carbonyl (C=O) groups is 1. The molecule has 6 nitrogen and oxygen atoms in total. The Morgan fingerprint density at radius 1 is 1.29 bits per heavy atom. The number of nitrogens with zero attached hydrogens (tertiary/aromatic N) is 1. The fourth-order valence-corrected chi connectivity index (χ4v) is 2.19. The molecule has 0 bridgehead atoms. The van der Waals surface area contributed by atoms with Gasteiger partial charge in [-0.25, -0.2) is 4.79 Å². The van der Waals surface area contributed by atoms with Crippen LogP contribution in [0.15, 0.2) is 39.5 Å². The lowest BCUT2D eigenvalue weighted by Crippen LogP contribution is -2.21. The van der Waals surface area contributed by atoms with E-state index < -0.39 is 23.4 Å². The fraction of sp³-hybridized carbons (Fsp3) is 0.133. The van der Waals surface area contributed by atoms with Crippen molar-refractivity contribution in [1.82, 2.24) is 10.2 Å². The number of aromatic amines is 1. The van der Waals surface area contributed by atoms with Crippen LogP contribution in [0, 0.1) is 6.92 Å². The predicted molar refractivity (Wildman–Crippen MR) is 78.8 cm³/mol. The molecule has 0 saturated heterocycles. The number of fused-ring (bicyclic) bond motifs is 1. The van der Waals surface area contributed by atoms with Crippen molar-refractivity contribution in [2.45, 2.75) is 13.1 Å². The number of alkyl halides is 3. The Bertz CT molecular complexity index is 989. The van der Waals surface area contributed by atoms with Crippen LogP contribution in [0.4, 0.5) is 19.0 Å². The Labute approximate surface area is 132 Å². The minimum Gasteiger partial charge on any atom is -0.422 e. The molecule has 124 valence electrons. The summed E-state index contributed by atoms with van der Waals surface area (Å²) >= 11 is 0. The van der Waals surface area contributed by atoms with Crippen LogP contribution in [0.1, 0.15) is 21.6 Å². The second-order valence-corrected chi connectivity index (χ2v) is 5.01. The first-order chi connectivity index (χ1) is 11.3. The van der Waals surface area contributed by atoms with E-state index in [9.17, 15) is 22.8 Å². The number of benzene rings is 1. The summed E-state index contributed by atoms with van der Waals surface area (Å²) in [7, 11) is 0. The van der Waals surface area contributed by atoms with Crippen molar-refractivity contribution in [3.8, 4) is 0 Å². The van der Waals surface area contributed by atoms with Crippen molar-refractivity contribution < 1.29 is 22.4 Å². The third-order valence-corrected chi connectivity index (χ3v) is 3.41. The molecular formula is C15H10F3N3O3. The molecular weight excluding hydrogens is 327 g/mol. The van der Waals surface area contributed by atoms with E-state index in [0.29, 0.717) is 11.0 Å². The lowest BCUT2D eigenvalue weighted by atomic mass is 10.1. The molecule has 1 aromatic carbocycles. The number of carbonyl (C=O) groups excluding carboxylic acids is 1. The third kappa shape index (κ3) is 2.75. The zero-order chi connectivity index (χ0) is 17.5. The normalized spacial score (nSPS) is 11.7. The molecule has 24 heavy (non-hydrogen) atoms. The van der Waals surface area contributed by atoms with E-state index in [4.69, 9.17) is 4.42 Å². The summed E-state index contributed by atoms with van der Waals surface area (Å²) in [6, 6.07) is 7.86. The van der Waals surface area contributed by atoms with Crippen molar-refractivity contribution in [3.05, 3.63) is 57.6 Å². The number of para-hydroxylation sites is 1. The lowest BCUT2D eigenvalue weighted by molar-refractivity contribution is -0.141. The highest BCUT2D eigenvalue weighted by Gasteiger charge is 2.36. The van der Waals surface area contributed by atoms with Gasteiger partial charge in [-0.3, -0.25) is 9.89 Å². The minimum atomic E-state index is -4.62. The third-order valence-electron chi connectivity index (χ3n) is 3.41. The van der Waals surface area contributed by atoms with Crippen molar-refractivity contribution in [2.75, 3.05) is 5.32 Å². The number of rotatable bonds is 2. The van der Waals surface area contributed by atoms with Crippen LogP contribution in [0.5, 0.6) is 0 Å². The number of aromatic nitrogens is 2. The maximum atomic E-state index is 12.7. The Morgan fingerprint density at radius 2 is 2.00 bits per heavy atom. The van der Waals surface area contributed by atoms with Gasteiger partial charge in [0.2, 0.25) is 0 Å². The molecule has 9 heteroatoms. The van der Waals surface area contributed by atoms with Crippen LogP contribution in [-0.4, -0.2) is 16.1 Å². The molecule has 0 aliphatic rings. The maximum Gasteiger partial charge on any atom is 0.433 e. The topological polar surface area (TPSA) is 88.0 Å². The largest absolute Gasteiger partial charge is 0.433 e. The highest BCUT2D eigenvalue weighted by Crippen LogP contribution is 2.32. The minimum absolute atomic E-state index is 0.277. The monoisotopic (exact) mass is 337 g/mol. The van der Waals surface area contributed by atoms with Crippen molar-refractivity contribution in [3.63, 3.8) is 0 Å². The van der Waals surface area contributed by atoms with E-state index in [0.717, 1.165) is 6.92 Å². The molecule has 2 heterocycles. The van der Waals surface area contributed by atoms with Crippen molar-refractivity contribution in [2.24, 2.45) is 0 Å². The second-order valence-electron chi connectivity index (χ2n) is 5.01. The number of H-pyrrole nitrogens is 1. The van der Waals surface area contributed by atoms with Gasteiger partial charge in [-0.2, -0.15) is 18.3 Å². The van der Waals surface area contributed by atoms with E-state index in [1.54, 1.807) is 24.3 Å². The van der Waals surface area contributed by atoms with E-state index in [2.05, 4.69) is 10.4 Å². The van der Waals surface area contributed by atoms with Gasteiger partial charge in [0.15, 0.2) is 5.82 Å². The Hall–Kier alpha value is -3.10. The first kappa shape index (κ1) is 15.8. The zero-order valence-electron chi connectivity index (χ0n) is 12.2. The molecule has 0 radical (unpaired) electrons. The van der Waals surface area contributed by atoms with Gasteiger partial charge in [0, 0.05) is 10.9 Å². The van der Waals surface area contributed by atoms with Crippen LogP contribution >= 0.6 is 0 Å². The summed E-state index contributed by atoms with van der Waals surface area (Å²) < 4.78 is 43.2. The second kappa shape index (κ2) is 5.52. The molecule has 3 aromatic rings. The first-order valence-electron chi connectivity index (χ1n) is 6.74. The quantitative estimate of drug-likeness (QED) is 0.704. The number of halogens is 3. The molecule has 0 spiro atoms. The van der Waals surface area contributed by atoms with Gasteiger partial charge in [0.1, 0.15) is 16.8 Å². The van der Waals surface area contributed by atoms with Gasteiger partial charge in [-0.1, -0.05) is 18.2 Å². The van der Waals surface area contributed by atoms with Crippen LogP contribution in [-0.2, 0) is 6.18 Å².